The SMILES string of the molecule is c1ccc(-c2ccc(N(c3ccc(-c4cc5ccccc5c5ccccc45)cc3)c3ccccc3-c3ccc4c(c3)c(-c3ccccc3)c(-c3ccccc3)c3ccccc34)c3ccccc23)cc1. The highest BCUT2D eigenvalue weighted by atomic mass is 15.1. The zero-order valence-electron chi connectivity index (χ0n) is 37.9. The van der Waals surface area contributed by atoms with Crippen molar-refractivity contribution in [3.05, 3.63) is 273 Å². The van der Waals surface area contributed by atoms with E-state index in [0.717, 1.165) is 28.2 Å². The van der Waals surface area contributed by atoms with E-state index < -0.39 is 0 Å². The summed E-state index contributed by atoms with van der Waals surface area (Å²) in [7, 11) is 0. The Morgan fingerprint density at radius 3 is 1.35 bits per heavy atom. The fraction of sp³-hybridized carbons (Fsp3) is 0. The van der Waals surface area contributed by atoms with E-state index in [-0.39, 0.29) is 0 Å². The molecule has 322 valence electrons. The molecule has 13 aromatic carbocycles. The molecule has 13 rings (SSSR count). The van der Waals surface area contributed by atoms with Crippen LogP contribution in [0.4, 0.5) is 17.1 Å². The first-order valence-corrected chi connectivity index (χ1v) is 23.8. The minimum Gasteiger partial charge on any atom is -0.309 e. The normalized spacial score (nSPS) is 11.5. The van der Waals surface area contributed by atoms with Crippen molar-refractivity contribution >= 4 is 70.9 Å². The molecule has 1 nitrogen and oxygen atoms in total. The molecule has 0 aliphatic carbocycles. The monoisotopic (exact) mass is 875 g/mol. The Bertz CT molecular complexity index is 4040. The van der Waals surface area contributed by atoms with Gasteiger partial charge in [0.25, 0.3) is 0 Å². The van der Waals surface area contributed by atoms with Crippen molar-refractivity contribution in [2.45, 2.75) is 0 Å². The van der Waals surface area contributed by atoms with E-state index in [4.69, 9.17) is 0 Å². The molecule has 0 fully saturated rings. The first-order chi connectivity index (χ1) is 34.3. The Morgan fingerprint density at radius 2 is 0.667 bits per heavy atom. The summed E-state index contributed by atoms with van der Waals surface area (Å²) in [6, 6.07) is 100. The molecule has 0 atom stereocenters. The van der Waals surface area contributed by atoms with Crippen LogP contribution in [0.3, 0.4) is 0 Å². The van der Waals surface area contributed by atoms with Crippen LogP contribution in [-0.4, -0.2) is 0 Å². The third-order valence-corrected chi connectivity index (χ3v) is 14.0. The van der Waals surface area contributed by atoms with Crippen molar-refractivity contribution in [2.75, 3.05) is 4.90 Å². The van der Waals surface area contributed by atoms with Gasteiger partial charge in [-0.3, -0.25) is 0 Å². The molecular formula is C68H45N. The zero-order chi connectivity index (χ0) is 45.7. The minimum atomic E-state index is 1.08. The van der Waals surface area contributed by atoms with Gasteiger partial charge in [0.05, 0.1) is 11.4 Å². The fourth-order valence-corrected chi connectivity index (χ4v) is 10.9. The van der Waals surface area contributed by atoms with Gasteiger partial charge < -0.3 is 4.90 Å². The number of anilines is 3. The number of para-hydroxylation sites is 1. The van der Waals surface area contributed by atoms with Crippen molar-refractivity contribution in [3.63, 3.8) is 0 Å². The van der Waals surface area contributed by atoms with Crippen LogP contribution in [0.15, 0.2) is 273 Å². The van der Waals surface area contributed by atoms with Crippen LogP contribution in [0.1, 0.15) is 0 Å². The first kappa shape index (κ1) is 40.3. The summed E-state index contributed by atoms with van der Waals surface area (Å²) in [5, 5.41) is 12.4. The summed E-state index contributed by atoms with van der Waals surface area (Å²) < 4.78 is 0. The van der Waals surface area contributed by atoms with Crippen LogP contribution in [0.5, 0.6) is 0 Å². The minimum absolute atomic E-state index is 1.08. The van der Waals surface area contributed by atoms with Gasteiger partial charge in [-0.2, -0.15) is 0 Å². The Balaban J connectivity index is 1.05. The maximum Gasteiger partial charge on any atom is 0.0540 e. The lowest BCUT2D eigenvalue weighted by Crippen LogP contribution is -2.12. The van der Waals surface area contributed by atoms with E-state index in [1.165, 1.54) is 98.4 Å². The highest BCUT2D eigenvalue weighted by Gasteiger charge is 2.23. The van der Waals surface area contributed by atoms with E-state index in [9.17, 15) is 0 Å². The second-order valence-electron chi connectivity index (χ2n) is 17.9. The topological polar surface area (TPSA) is 3.24 Å². The summed E-state index contributed by atoms with van der Waals surface area (Å²) in [4.78, 5) is 2.48. The van der Waals surface area contributed by atoms with Crippen LogP contribution in [0.25, 0.3) is 109 Å². The number of hydrogen-bond donors (Lipinski definition) is 0. The Labute approximate surface area is 402 Å². The lowest BCUT2D eigenvalue weighted by Gasteiger charge is -2.30. The lowest BCUT2D eigenvalue weighted by atomic mass is 9.84. The van der Waals surface area contributed by atoms with Crippen LogP contribution in [0, 0.1) is 0 Å². The predicted octanol–water partition coefficient (Wildman–Crippen LogP) is 19.3. The summed E-state index contributed by atoms with van der Waals surface area (Å²) in [5.74, 6) is 0. The number of hydrogen-bond acceptors (Lipinski definition) is 1. The van der Waals surface area contributed by atoms with Crippen molar-refractivity contribution in [1.29, 1.82) is 0 Å². The largest absolute Gasteiger partial charge is 0.309 e. The summed E-state index contributed by atoms with van der Waals surface area (Å²) >= 11 is 0. The smallest absolute Gasteiger partial charge is 0.0540 e. The molecule has 13 aromatic rings. The van der Waals surface area contributed by atoms with Gasteiger partial charge in [0.2, 0.25) is 0 Å². The molecule has 0 aromatic heterocycles. The highest BCUT2D eigenvalue weighted by molar-refractivity contribution is 6.22. The first-order valence-electron chi connectivity index (χ1n) is 23.8. The van der Waals surface area contributed by atoms with Crippen LogP contribution in [0.2, 0.25) is 0 Å². The van der Waals surface area contributed by atoms with Gasteiger partial charge in [0.15, 0.2) is 0 Å². The van der Waals surface area contributed by atoms with Gasteiger partial charge in [0, 0.05) is 16.6 Å². The summed E-state index contributed by atoms with van der Waals surface area (Å²) in [6.45, 7) is 0. The summed E-state index contributed by atoms with van der Waals surface area (Å²) in [6.07, 6.45) is 0. The van der Waals surface area contributed by atoms with Crippen molar-refractivity contribution in [1.82, 2.24) is 0 Å². The van der Waals surface area contributed by atoms with Gasteiger partial charge in [-0.1, -0.05) is 237 Å². The number of rotatable bonds is 8. The molecule has 0 bridgehead atoms. The quantitative estimate of drug-likeness (QED) is 0.138. The molecule has 0 N–H and O–H groups in total. The van der Waals surface area contributed by atoms with Crippen LogP contribution >= 0.6 is 0 Å². The van der Waals surface area contributed by atoms with Gasteiger partial charge in [-0.15, -0.1) is 0 Å². The molecular weight excluding hydrogens is 831 g/mol. The van der Waals surface area contributed by atoms with E-state index >= 15 is 0 Å². The molecule has 0 aliphatic heterocycles. The molecule has 69 heavy (non-hydrogen) atoms. The summed E-state index contributed by atoms with van der Waals surface area (Å²) in [5.41, 5.74) is 15.3. The average Bonchev–Trinajstić information content (AvgIpc) is 3.43. The third kappa shape index (κ3) is 6.95. The molecule has 0 aliphatic rings. The molecule has 0 saturated carbocycles. The molecule has 0 spiro atoms. The standard InChI is InChI=1S/C68H45N/c1-4-20-46(21-5-1)54-42-43-66(61-33-16-14-30-57(54)61)69(52-39-36-47(37-40-52)63-44-50-26-10-11-27-53(50)56-29-12-13-32-59(56)63)65-35-19-18-28-55(65)51-38-41-60-58-31-15-17-34-62(58)67(48-22-6-2-7-23-48)68(64(60)45-51)49-24-8-3-9-25-49/h1-45H. The Kier molecular flexibility index (Phi) is 9.91. The maximum absolute atomic E-state index is 2.48. The number of nitrogens with zero attached hydrogens (tertiary/aromatic N) is 1. The van der Waals surface area contributed by atoms with Gasteiger partial charge in [-0.05, 0) is 135 Å². The molecule has 0 heterocycles. The second-order valence-corrected chi connectivity index (χ2v) is 17.9. The molecule has 1 heteroatoms. The fourth-order valence-electron chi connectivity index (χ4n) is 10.9. The number of benzene rings is 13. The van der Waals surface area contributed by atoms with Gasteiger partial charge in [0.1, 0.15) is 0 Å². The lowest BCUT2D eigenvalue weighted by molar-refractivity contribution is 1.30. The average molecular weight is 876 g/mol. The second kappa shape index (κ2) is 17.0. The molecule has 0 unspecified atom stereocenters. The van der Waals surface area contributed by atoms with E-state index in [0.29, 0.717) is 0 Å². The number of fused-ring (bicyclic) bond motifs is 7. The van der Waals surface area contributed by atoms with Crippen molar-refractivity contribution in [2.24, 2.45) is 0 Å². The van der Waals surface area contributed by atoms with Gasteiger partial charge >= 0.3 is 0 Å². The Hall–Kier alpha value is -9.04. The van der Waals surface area contributed by atoms with E-state index in [1.807, 2.05) is 0 Å². The van der Waals surface area contributed by atoms with Crippen molar-refractivity contribution in [3.8, 4) is 55.6 Å². The van der Waals surface area contributed by atoms with E-state index in [2.05, 4.69) is 278 Å². The van der Waals surface area contributed by atoms with E-state index in [1.54, 1.807) is 0 Å². The van der Waals surface area contributed by atoms with Crippen molar-refractivity contribution < 1.29 is 0 Å². The highest BCUT2D eigenvalue weighted by Crippen LogP contribution is 2.49. The molecule has 0 amide bonds. The molecule has 0 radical (unpaired) electrons. The maximum atomic E-state index is 2.48. The molecule has 0 saturated heterocycles. The van der Waals surface area contributed by atoms with Crippen LogP contribution < -0.4 is 4.90 Å². The van der Waals surface area contributed by atoms with Gasteiger partial charge in [-0.25, -0.2) is 0 Å². The Morgan fingerprint density at radius 1 is 0.203 bits per heavy atom. The predicted molar refractivity (Wildman–Crippen MR) is 296 cm³/mol. The third-order valence-electron chi connectivity index (χ3n) is 14.0. The zero-order valence-corrected chi connectivity index (χ0v) is 37.9. The van der Waals surface area contributed by atoms with Crippen LogP contribution in [-0.2, 0) is 0 Å².